The number of nitrogens with one attached hydrogen (secondary N) is 2. The van der Waals surface area contributed by atoms with Gasteiger partial charge in [-0.3, -0.25) is 19.3 Å². The first-order valence-electron chi connectivity index (χ1n) is 12.3. The van der Waals surface area contributed by atoms with Gasteiger partial charge in [-0.25, -0.2) is 0 Å². The summed E-state index contributed by atoms with van der Waals surface area (Å²) in [7, 11) is 3.56. The van der Waals surface area contributed by atoms with Gasteiger partial charge in [-0.15, -0.1) is 0 Å². The van der Waals surface area contributed by atoms with Gasteiger partial charge in [-0.1, -0.05) is 48.0 Å². The third-order valence-corrected chi connectivity index (χ3v) is 6.35. The molecule has 3 amide bonds. The van der Waals surface area contributed by atoms with Crippen LogP contribution in [0.25, 0.3) is 0 Å². The summed E-state index contributed by atoms with van der Waals surface area (Å²) >= 11 is 0. The summed E-state index contributed by atoms with van der Waals surface area (Å²) in [5.74, 6) is -0.119. The van der Waals surface area contributed by atoms with Crippen LogP contribution in [0.2, 0.25) is 0 Å². The Hall–Kier alpha value is -4.17. The quantitative estimate of drug-likeness (QED) is 0.491. The van der Waals surface area contributed by atoms with Gasteiger partial charge in [0.25, 0.3) is 11.8 Å². The summed E-state index contributed by atoms with van der Waals surface area (Å²) < 4.78 is 5.77. The topological polar surface area (TPSA) is 91.0 Å². The summed E-state index contributed by atoms with van der Waals surface area (Å²) in [4.78, 5) is 42.9. The highest BCUT2D eigenvalue weighted by molar-refractivity contribution is 6.07. The van der Waals surface area contributed by atoms with Gasteiger partial charge in [-0.05, 0) is 49.9 Å². The lowest BCUT2D eigenvalue weighted by Crippen LogP contribution is -2.38. The highest BCUT2D eigenvalue weighted by Crippen LogP contribution is 2.39. The average molecular weight is 501 g/mol. The highest BCUT2D eigenvalue weighted by Gasteiger charge is 2.34. The van der Waals surface area contributed by atoms with E-state index in [-0.39, 0.29) is 30.7 Å². The van der Waals surface area contributed by atoms with E-state index in [0.29, 0.717) is 35.8 Å². The summed E-state index contributed by atoms with van der Waals surface area (Å²) in [5, 5.41) is 5.94. The molecule has 0 bridgehead atoms. The molecule has 0 saturated heterocycles. The average Bonchev–Trinajstić information content (AvgIpc) is 3.06. The Morgan fingerprint density at radius 1 is 1.08 bits per heavy atom. The van der Waals surface area contributed by atoms with Crippen molar-refractivity contribution in [1.82, 2.24) is 10.2 Å². The van der Waals surface area contributed by atoms with Crippen molar-refractivity contribution in [1.29, 1.82) is 0 Å². The Morgan fingerprint density at radius 3 is 2.51 bits per heavy atom. The smallest absolute Gasteiger partial charge is 0.265 e. The zero-order valence-corrected chi connectivity index (χ0v) is 21.4. The molecular formula is C29H32N4O4. The summed E-state index contributed by atoms with van der Waals surface area (Å²) in [6.45, 7) is 2.98. The SMILES string of the molecule is CNCCN(C)C(=O)c1ccc2c(c1)NC(=O)CC(c1ccc(C)cc1)N2C(=O)COc1ccccc1. The maximum atomic E-state index is 13.7. The summed E-state index contributed by atoms with van der Waals surface area (Å²) in [5.41, 5.74) is 3.29. The Morgan fingerprint density at radius 2 is 1.81 bits per heavy atom. The van der Waals surface area contributed by atoms with Crippen LogP contribution in [0, 0.1) is 6.92 Å². The molecule has 37 heavy (non-hydrogen) atoms. The second-order valence-corrected chi connectivity index (χ2v) is 9.11. The van der Waals surface area contributed by atoms with Crippen molar-refractivity contribution in [3.05, 3.63) is 89.5 Å². The number of para-hydroxylation sites is 1. The molecule has 1 aliphatic rings. The highest BCUT2D eigenvalue weighted by atomic mass is 16.5. The number of carbonyl (C=O) groups is 3. The summed E-state index contributed by atoms with van der Waals surface area (Å²) in [6, 6.07) is 21.4. The van der Waals surface area contributed by atoms with E-state index in [0.717, 1.165) is 11.1 Å². The number of benzene rings is 3. The third-order valence-electron chi connectivity index (χ3n) is 6.35. The van der Waals surface area contributed by atoms with E-state index in [1.165, 1.54) is 0 Å². The molecule has 1 heterocycles. The second kappa shape index (κ2) is 11.7. The number of amides is 3. The number of rotatable bonds is 8. The van der Waals surface area contributed by atoms with Crippen LogP contribution >= 0.6 is 0 Å². The number of hydrogen-bond donors (Lipinski definition) is 2. The molecule has 4 rings (SSSR count). The van der Waals surface area contributed by atoms with Crippen LogP contribution in [-0.4, -0.2) is 56.4 Å². The monoisotopic (exact) mass is 500 g/mol. The molecule has 1 unspecified atom stereocenters. The lowest BCUT2D eigenvalue weighted by atomic mass is 9.99. The van der Waals surface area contributed by atoms with E-state index in [1.807, 2.05) is 56.4 Å². The molecule has 0 fully saturated rings. The van der Waals surface area contributed by atoms with E-state index in [1.54, 1.807) is 47.2 Å². The molecule has 0 aliphatic carbocycles. The van der Waals surface area contributed by atoms with Gasteiger partial charge in [0.15, 0.2) is 6.61 Å². The van der Waals surface area contributed by atoms with Crippen molar-refractivity contribution in [3.8, 4) is 5.75 Å². The van der Waals surface area contributed by atoms with E-state index >= 15 is 0 Å². The zero-order valence-electron chi connectivity index (χ0n) is 21.4. The Balaban J connectivity index is 1.71. The molecular weight excluding hydrogens is 468 g/mol. The van der Waals surface area contributed by atoms with Crippen LogP contribution in [0.5, 0.6) is 5.75 Å². The van der Waals surface area contributed by atoms with Gasteiger partial charge in [0, 0.05) is 25.7 Å². The number of nitrogens with zero attached hydrogens (tertiary/aromatic N) is 2. The van der Waals surface area contributed by atoms with Crippen molar-refractivity contribution >= 4 is 29.1 Å². The molecule has 1 atom stereocenters. The van der Waals surface area contributed by atoms with E-state index < -0.39 is 6.04 Å². The molecule has 8 heteroatoms. The first-order valence-corrected chi connectivity index (χ1v) is 12.3. The molecule has 3 aromatic carbocycles. The molecule has 0 aromatic heterocycles. The number of aryl methyl sites for hydroxylation is 1. The fraction of sp³-hybridized carbons (Fsp3) is 0.276. The molecule has 0 saturated carbocycles. The lowest BCUT2D eigenvalue weighted by molar-refractivity contribution is -0.121. The number of hydrogen-bond acceptors (Lipinski definition) is 5. The zero-order chi connectivity index (χ0) is 26.4. The lowest BCUT2D eigenvalue weighted by Gasteiger charge is -2.31. The van der Waals surface area contributed by atoms with Crippen molar-refractivity contribution < 1.29 is 19.1 Å². The predicted octanol–water partition coefficient (Wildman–Crippen LogP) is 3.78. The first kappa shape index (κ1) is 25.9. The molecule has 2 N–H and O–H groups in total. The summed E-state index contributed by atoms with van der Waals surface area (Å²) in [6.07, 6.45) is 0.0696. The Labute approximate surface area is 217 Å². The number of fused-ring (bicyclic) bond motifs is 1. The molecule has 0 radical (unpaired) electrons. The number of anilines is 2. The van der Waals surface area contributed by atoms with Crippen LogP contribution in [0.3, 0.4) is 0 Å². The van der Waals surface area contributed by atoms with Gasteiger partial charge >= 0.3 is 0 Å². The van der Waals surface area contributed by atoms with Gasteiger partial charge in [0.05, 0.1) is 23.8 Å². The van der Waals surface area contributed by atoms with Gasteiger partial charge in [0.2, 0.25) is 5.91 Å². The van der Waals surface area contributed by atoms with Crippen molar-refractivity contribution in [2.45, 2.75) is 19.4 Å². The minimum absolute atomic E-state index is 0.0696. The van der Waals surface area contributed by atoms with E-state index in [9.17, 15) is 14.4 Å². The fourth-order valence-corrected chi connectivity index (χ4v) is 4.31. The largest absolute Gasteiger partial charge is 0.484 e. The third kappa shape index (κ3) is 6.16. The first-order chi connectivity index (χ1) is 17.9. The minimum atomic E-state index is -0.534. The minimum Gasteiger partial charge on any atom is -0.484 e. The van der Waals surface area contributed by atoms with Crippen molar-refractivity contribution in [2.75, 3.05) is 44.0 Å². The standard InChI is InChI=1S/C29H32N4O4/c1-20-9-11-21(12-10-20)26-18-27(34)31-24-17-22(29(36)32(3)16-15-30-2)13-14-25(24)33(26)28(35)19-37-23-7-5-4-6-8-23/h4-14,17,26,30H,15-16,18-19H2,1-3H3,(H,31,34). The molecule has 192 valence electrons. The van der Waals surface area contributed by atoms with Gasteiger partial charge in [0.1, 0.15) is 5.75 Å². The maximum absolute atomic E-state index is 13.7. The van der Waals surface area contributed by atoms with E-state index in [2.05, 4.69) is 10.6 Å². The van der Waals surface area contributed by atoms with Crippen LogP contribution in [0.1, 0.15) is 33.9 Å². The van der Waals surface area contributed by atoms with Crippen LogP contribution in [0.4, 0.5) is 11.4 Å². The Bertz CT molecular complexity index is 1260. The number of ether oxygens (including phenoxy) is 1. The Kier molecular flexibility index (Phi) is 8.20. The van der Waals surface area contributed by atoms with Gasteiger partial charge in [-0.2, -0.15) is 0 Å². The van der Waals surface area contributed by atoms with Crippen LogP contribution in [0.15, 0.2) is 72.8 Å². The van der Waals surface area contributed by atoms with E-state index in [4.69, 9.17) is 4.74 Å². The number of likely N-dealkylation sites (N-methyl/N-ethyl adjacent to an activating group) is 2. The number of carbonyl (C=O) groups excluding carboxylic acids is 3. The molecule has 0 spiro atoms. The molecule has 3 aromatic rings. The van der Waals surface area contributed by atoms with Crippen LogP contribution in [-0.2, 0) is 9.59 Å². The maximum Gasteiger partial charge on any atom is 0.265 e. The molecule has 1 aliphatic heterocycles. The second-order valence-electron chi connectivity index (χ2n) is 9.11. The predicted molar refractivity (Wildman–Crippen MR) is 144 cm³/mol. The van der Waals surface area contributed by atoms with Crippen molar-refractivity contribution in [2.24, 2.45) is 0 Å². The van der Waals surface area contributed by atoms with Gasteiger partial charge < -0.3 is 20.3 Å². The fourth-order valence-electron chi connectivity index (χ4n) is 4.31. The van der Waals surface area contributed by atoms with Crippen LogP contribution < -0.4 is 20.3 Å². The normalized spacial score (nSPS) is 14.8. The molecule has 8 nitrogen and oxygen atoms in total. The van der Waals surface area contributed by atoms with Crippen molar-refractivity contribution in [3.63, 3.8) is 0 Å².